The van der Waals surface area contributed by atoms with Crippen LogP contribution < -0.4 is 0 Å². The molecule has 1 atom stereocenters. The zero-order valence-corrected chi connectivity index (χ0v) is 10.2. The number of hydrogen-bond acceptors (Lipinski definition) is 4. The highest BCUT2D eigenvalue weighted by Gasteiger charge is 2.30. The van der Waals surface area contributed by atoms with Gasteiger partial charge in [-0.15, -0.1) is 11.3 Å². The van der Waals surface area contributed by atoms with E-state index in [-0.39, 0.29) is 11.9 Å². The van der Waals surface area contributed by atoms with E-state index in [9.17, 15) is 4.79 Å². The Bertz CT molecular complexity index is 330. The quantitative estimate of drug-likeness (QED) is 0.741. The predicted octanol–water partition coefficient (Wildman–Crippen LogP) is 2.43. The second kappa shape index (κ2) is 5.46. The molecule has 0 amide bonds. The summed E-state index contributed by atoms with van der Waals surface area (Å²) in [6.07, 6.45) is 0.847. The van der Waals surface area contributed by atoms with Crippen molar-refractivity contribution in [3.8, 4) is 0 Å². The number of hydrogen-bond donors (Lipinski definition) is 0. The smallest absolute Gasteiger partial charge is 0.314 e. The minimum Gasteiger partial charge on any atom is -0.465 e. The summed E-state index contributed by atoms with van der Waals surface area (Å²) in [5, 5.41) is 2.00. The third-order valence-electron chi connectivity index (χ3n) is 2.73. The van der Waals surface area contributed by atoms with Crippen molar-refractivity contribution in [3.63, 3.8) is 0 Å². The molecule has 1 aromatic heterocycles. The molecule has 1 saturated heterocycles. The van der Waals surface area contributed by atoms with Crippen LogP contribution in [0.15, 0.2) is 17.5 Å². The molecular formula is C12H16O3S. The van der Waals surface area contributed by atoms with Gasteiger partial charge in [0.15, 0.2) is 0 Å². The molecule has 1 unspecified atom stereocenters. The van der Waals surface area contributed by atoms with Crippen LogP contribution in [-0.2, 0) is 14.3 Å². The number of carbonyl (C=O) groups excluding carboxylic acids is 1. The van der Waals surface area contributed by atoms with E-state index in [4.69, 9.17) is 9.47 Å². The van der Waals surface area contributed by atoms with Gasteiger partial charge in [-0.25, -0.2) is 0 Å². The first-order valence-electron chi connectivity index (χ1n) is 5.59. The van der Waals surface area contributed by atoms with E-state index in [1.165, 1.54) is 0 Å². The van der Waals surface area contributed by atoms with E-state index in [2.05, 4.69) is 0 Å². The van der Waals surface area contributed by atoms with Gasteiger partial charge in [-0.05, 0) is 24.8 Å². The highest BCUT2D eigenvalue weighted by molar-refractivity contribution is 7.10. The molecule has 16 heavy (non-hydrogen) atoms. The molecule has 0 bridgehead atoms. The van der Waals surface area contributed by atoms with Gasteiger partial charge in [0.25, 0.3) is 0 Å². The van der Waals surface area contributed by atoms with Gasteiger partial charge in [-0.3, -0.25) is 4.79 Å². The minimum atomic E-state index is -0.103. The van der Waals surface area contributed by atoms with E-state index in [1.54, 1.807) is 11.3 Å². The first-order chi connectivity index (χ1) is 7.81. The Morgan fingerprint density at radius 1 is 1.69 bits per heavy atom. The Hall–Kier alpha value is -0.870. The summed E-state index contributed by atoms with van der Waals surface area (Å²) < 4.78 is 10.3. The Morgan fingerprint density at radius 3 is 3.00 bits per heavy atom. The van der Waals surface area contributed by atoms with Crippen LogP contribution in [0.2, 0.25) is 0 Å². The van der Waals surface area contributed by atoms with E-state index in [0.717, 1.165) is 24.5 Å². The number of esters is 1. The number of thiophene rings is 1. The molecule has 0 saturated carbocycles. The molecule has 3 nitrogen and oxygen atoms in total. The Kier molecular flexibility index (Phi) is 3.96. The first kappa shape index (κ1) is 11.6. The summed E-state index contributed by atoms with van der Waals surface area (Å²) in [6.45, 7) is 3.85. The second-order valence-electron chi connectivity index (χ2n) is 3.96. The van der Waals surface area contributed by atoms with Gasteiger partial charge in [0, 0.05) is 10.8 Å². The van der Waals surface area contributed by atoms with Crippen LogP contribution in [-0.4, -0.2) is 25.8 Å². The van der Waals surface area contributed by atoms with Gasteiger partial charge >= 0.3 is 5.97 Å². The number of rotatable bonds is 5. The molecule has 0 radical (unpaired) electrons. The molecule has 0 N–H and O–H groups in total. The fraction of sp³-hybridized carbons (Fsp3) is 0.583. The lowest BCUT2D eigenvalue weighted by molar-refractivity contribution is -0.146. The third-order valence-corrected chi connectivity index (χ3v) is 3.72. The maximum Gasteiger partial charge on any atom is 0.314 e. The average Bonchev–Trinajstić information content (AvgIpc) is 2.69. The predicted molar refractivity (Wildman–Crippen MR) is 62.6 cm³/mol. The van der Waals surface area contributed by atoms with Crippen molar-refractivity contribution in [1.82, 2.24) is 0 Å². The molecule has 0 aliphatic carbocycles. The van der Waals surface area contributed by atoms with Crippen LogP contribution in [0.25, 0.3) is 0 Å². The van der Waals surface area contributed by atoms with Crippen LogP contribution >= 0.6 is 11.3 Å². The van der Waals surface area contributed by atoms with Crippen LogP contribution in [0.4, 0.5) is 0 Å². The van der Waals surface area contributed by atoms with E-state index in [1.807, 2.05) is 24.4 Å². The van der Waals surface area contributed by atoms with Gasteiger partial charge in [-0.1, -0.05) is 6.07 Å². The van der Waals surface area contributed by atoms with E-state index in [0.29, 0.717) is 12.5 Å². The number of carbonyl (C=O) groups is 1. The zero-order chi connectivity index (χ0) is 11.4. The van der Waals surface area contributed by atoms with Crippen molar-refractivity contribution < 1.29 is 14.3 Å². The number of ether oxygens (including phenoxy) is 2. The fourth-order valence-corrected chi connectivity index (χ4v) is 2.64. The summed E-state index contributed by atoms with van der Waals surface area (Å²) in [4.78, 5) is 13.0. The minimum absolute atomic E-state index is 0.100. The van der Waals surface area contributed by atoms with Gasteiger partial charge in [0.2, 0.25) is 0 Å². The van der Waals surface area contributed by atoms with Gasteiger partial charge < -0.3 is 9.47 Å². The molecule has 1 fully saturated rings. The Labute approximate surface area is 99.4 Å². The summed E-state index contributed by atoms with van der Waals surface area (Å²) in [5.74, 6) is 0.308. The molecule has 2 heterocycles. The Balaban J connectivity index is 2.02. The SMILES string of the molecule is CCOC(=O)C(CC1COC1)c1cccs1. The Morgan fingerprint density at radius 2 is 2.50 bits per heavy atom. The van der Waals surface area contributed by atoms with Crippen molar-refractivity contribution in [2.24, 2.45) is 5.92 Å². The van der Waals surface area contributed by atoms with Crippen molar-refractivity contribution in [2.75, 3.05) is 19.8 Å². The molecule has 1 aliphatic rings. The molecule has 1 aromatic rings. The zero-order valence-electron chi connectivity index (χ0n) is 9.35. The largest absolute Gasteiger partial charge is 0.465 e. The van der Waals surface area contributed by atoms with Crippen molar-refractivity contribution in [2.45, 2.75) is 19.3 Å². The van der Waals surface area contributed by atoms with Gasteiger partial charge in [0.1, 0.15) is 0 Å². The lowest BCUT2D eigenvalue weighted by atomic mass is 9.92. The standard InChI is InChI=1S/C12H16O3S/c1-2-15-12(13)10(6-9-7-14-8-9)11-4-3-5-16-11/h3-5,9-10H,2,6-8H2,1H3. The van der Waals surface area contributed by atoms with Crippen molar-refractivity contribution in [1.29, 1.82) is 0 Å². The second-order valence-corrected chi connectivity index (χ2v) is 4.94. The monoisotopic (exact) mass is 240 g/mol. The van der Waals surface area contributed by atoms with E-state index >= 15 is 0 Å². The van der Waals surface area contributed by atoms with Crippen molar-refractivity contribution >= 4 is 17.3 Å². The summed E-state index contributed by atoms with van der Waals surface area (Å²) >= 11 is 1.62. The van der Waals surface area contributed by atoms with Crippen LogP contribution in [0.5, 0.6) is 0 Å². The molecule has 1 aliphatic heterocycles. The maximum absolute atomic E-state index is 11.9. The highest BCUT2D eigenvalue weighted by Crippen LogP contribution is 2.31. The molecule has 4 heteroatoms. The molecule has 0 spiro atoms. The summed E-state index contributed by atoms with van der Waals surface area (Å²) in [5.41, 5.74) is 0. The summed E-state index contributed by atoms with van der Waals surface area (Å²) in [7, 11) is 0. The topological polar surface area (TPSA) is 35.5 Å². The van der Waals surface area contributed by atoms with Crippen LogP contribution in [0.1, 0.15) is 24.1 Å². The molecule has 2 rings (SSSR count). The van der Waals surface area contributed by atoms with Crippen LogP contribution in [0, 0.1) is 5.92 Å². The molecular weight excluding hydrogens is 224 g/mol. The summed E-state index contributed by atoms with van der Waals surface area (Å²) in [6, 6.07) is 3.98. The van der Waals surface area contributed by atoms with E-state index < -0.39 is 0 Å². The van der Waals surface area contributed by atoms with Crippen LogP contribution in [0.3, 0.4) is 0 Å². The molecule has 88 valence electrons. The lowest BCUT2D eigenvalue weighted by Gasteiger charge is -2.28. The normalized spacial score (nSPS) is 17.8. The van der Waals surface area contributed by atoms with Crippen molar-refractivity contribution in [3.05, 3.63) is 22.4 Å². The third kappa shape index (κ3) is 2.62. The first-order valence-corrected chi connectivity index (χ1v) is 6.47. The highest BCUT2D eigenvalue weighted by atomic mass is 32.1. The lowest BCUT2D eigenvalue weighted by Crippen LogP contribution is -2.31. The van der Waals surface area contributed by atoms with Gasteiger partial charge in [0.05, 0.1) is 25.7 Å². The average molecular weight is 240 g/mol. The van der Waals surface area contributed by atoms with Gasteiger partial charge in [-0.2, -0.15) is 0 Å². The maximum atomic E-state index is 11.9. The fourth-order valence-electron chi connectivity index (χ4n) is 1.81. The molecule has 0 aromatic carbocycles.